The van der Waals surface area contributed by atoms with Gasteiger partial charge in [-0.25, -0.2) is 9.37 Å². The molecule has 1 amide bonds. The van der Waals surface area contributed by atoms with E-state index in [0.29, 0.717) is 12.4 Å². The Kier molecular flexibility index (Phi) is 8.86. The van der Waals surface area contributed by atoms with E-state index in [1.165, 1.54) is 30.1 Å². The second kappa shape index (κ2) is 12.6. The van der Waals surface area contributed by atoms with Gasteiger partial charge in [0.05, 0.1) is 5.56 Å². The highest BCUT2D eigenvalue weighted by molar-refractivity contribution is 5.97. The standard InChI is InChI=1S/C29H34FN7O3.C2H6/c1-4-37(18(2)3)28(38)21-11-19(30)5-6-24(21)40-27-26(33-17-34-35-27)36-15-29(16-36)12-20(13-29)39-25-8-10-32-23-7-9-31-14-22(23)25;1-2/h5-6,8,10-11,17-18,20,31H,4,7,9,12-16H2,1-3H3;1-2H3. The van der Waals surface area contributed by atoms with Gasteiger partial charge in [0.1, 0.15) is 29.7 Å². The molecule has 11 heteroatoms. The largest absolute Gasteiger partial charge is 0.490 e. The summed E-state index contributed by atoms with van der Waals surface area (Å²) in [5.74, 6) is 1.08. The van der Waals surface area contributed by atoms with Crippen molar-refractivity contribution in [1.82, 2.24) is 30.4 Å². The normalized spacial score (nSPS) is 17.0. The summed E-state index contributed by atoms with van der Waals surface area (Å²) in [5.41, 5.74) is 2.60. The summed E-state index contributed by atoms with van der Waals surface area (Å²) in [7, 11) is 0. The molecule has 0 unspecified atom stereocenters. The lowest BCUT2D eigenvalue weighted by Gasteiger charge is -2.58. The molecule has 4 heterocycles. The van der Waals surface area contributed by atoms with Crippen LogP contribution >= 0.6 is 0 Å². The molecule has 1 aromatic carbocycles. The molecule has 3 aliphatic rings. The van der Waals surface area contributed by atoms with Crippen molar-refractivity contribution >= 4 is 11.7 Å². The van der Waals surface area contributed by atoms with E-state index in [2.05, 4.69) is 30.4 Å². The first kappa shape index (κ1) is 29.6. The van der Waals surface area contributed by atoms with E-state index in [1.54, 1.807) is 4.90 Å². The monoisotopic (exact) mass is 577 g/mol. The number of nitrogens with one attached hydrogen (secondary N) is 1. The molecule has 1 aliphatic carbocycles. The summed E-state index contributed by atoms with van der Waals surface area (Å²) < 4.78 is 26.7. The van der Waals surface area contributed by atoms with Crippen LogP contribution < -0.4 is 19.7 Å². The van der Waals surface area contributed by atoms with Gasteiger partial charge in [0, 0.05) is 68.1 Å². The number of halogens is 1. The Morgan fingerprint density at radius 1 is 1.19 bits per heavy atom. The Morgan fingerprint density at radius 3 is 2.71 bits per heavy atom. The molecule has 1 saturated heterocycles. The van der Waals surface area contributed by atoms with Gasteiger partial charge in [-0.2, -0.15) is 0 Å². The smallest absolute Gasteiger partial charge is 0.282 e. The molecule has 0 bridgehead atoms. The molecule has 2 aromatic heterocycles. The summed E-state index contributed by atoms with van der Waals surface area (Å²) in [5, 5.41) is 11.5. The Balaban J connectivity index is 0.00000173. The van der Waals surface area contributed by atoms with Crippen molar-refractivity contribution in [1.29, 1.82) is 0 Å². The number of ether oxygens (including phenoxy) is 2. The van der Waals surface area contributed by atoms with Gasteiger partial charge in [-0.3, -0.25) is 9.78 Å². The Labute approximate surface area is 246 Å². The molecule has 2 fully saturated rings. The number of hydrogen-bond donors (Lipinski definition) is 1. The van der Waals surface area contributed by atoms with Gasteiger partial charge < -0.3 is 24.6 Å². The summed E-state index contributed by atoms with van der Waals surface area (Å²) in [4.78, 5) is 26.0. The van der Waals surface area contributed by atoms with Gasteiger partial charge in [-0.1, -0.05) is 13.8 Å². The number of pyridine rings is 1. The second-order valence-electron chi connectivity index (χ2n) is 11.2. The first-order chi connectivity index (χ1) is 20.4. The van der Waals surface area contributed by atoms with Gasteiger partial charge in [-0.05, 0) is 57.9 Å². The highest BCUT2D eigenvalue weighted by atomic mass is 19.1. The van der Waals surface area contributed by atoms with E-state index < -0.39 is 5.82 Å². The number of carbonyl (C=O) groups excluding carboxylic acids is 1. The van der Waals surface area contributed by atoms with Crippen LogP contribution in [0.2, 0.25) is 0 Å². The van der Waals surface area contributed by atoms with Crippen LogP contribution in [0.4, 0.5) is 10.2 Å². The van der Waals surface area contributed by atoms with Crippen LogP contribution in [0.3, 0.4) is 0 Å². The van der Waals surface area contributed by atoms with Gasteiger partial charge in [0.15, 0.2) is 5.82 Å². The molecule has 3 aromatic rings. The number of fused-ring (bicyclic) bond motifs is 1. The quantitative estimate of drug-likeness (QED) is 0.405. The fourth-order valence-corrected chi connectivity index (χ4v) is 6.09. The lowest BCUT2D eigenvalue weighted by Crippen LogP contribution is -2.65. The lowest BCUT2D eigenvalue weighted by atomic mass is 9.61. The molecule has 1 saturated carbocycles. The molecule has 1 spiro atoms. The van der Waals surface area contributed by atoms with E-state index in [1.807, 2.05) is 46.9 Å². The van der Waals surface area contributed by atoms with Crippen molar-refractivity contribution in [2.24, 2.45) is 5.41 Å². The minimum Gasteiger partial charge on any atom is -0.490 e. The molecule has 6 rings (SSSR count). The molecule has 0 atom stereocenters. The first-order valence-corrected chi connectivity index (χ1v) is 14.9. The zero-order chi connectivity index (χ0) is 29.9. The number of hydrogen-bond acceptors (Lipinski definition) is 9. The van der Waals surface area contributed by atoms with Gasteiger partial charge in [0.25, 0.3) is 11.8 Å². The molecule has 0 radical (unpaired) electrons. The van der Waals surface area contributed by atoms with Crippen LogP contribution in [-0.4, -0.2) is 69.3 Å². The summed E-state index contributed by atoms with van der Waals surface area (Å²) in [6.45, 7) is 13.6. The molecular formula is C31H40FN7O3. The van der Waals surface area contributed by atoms with E-state index >= 15 is 0 Å². The number of anilines is 1. The van der Waals surface area contributed by atoms with Gasteiger partial charge in [0.2, 0.25) is 0 Å². The maximum atomic E-state index is 14.2. The summed E-state index contributed by atoms with van der Waals surface area (Å²) in [6, 6.07) is 5.85. The second-order valence-corrected chi connectivity index (χ2v) is 11.2. The highest BCUT2D eigenvalue weighted by Gasteiger charge is 2.54. The van der Waals surface area contributed by atoms with E-state index in [0.717, 1.165) is 56.9 Å². The van der Waals surface area contributed by atoms with Crippen molar-refractivity contribution in [3.63, 3.8) is 0 Å². The van der Waals surface area contributed by atoms with Crippen LogP contribution in [0.25, 0.3) is 0 Å². The minimum absolute atomic E-state index is 0.0458. The third-order valence-electron chi connectivity index (χ3n) is 8.08. The van der Waals surface area contributed by atoms with Crippen molar-refractivity contribution in [3.05, 3.63) is 59.4 Å². The number of carbonyl (C=O) groups is 1. The molecule has 42 heavy (non-hydrogen) atoms. The number of amides is 1. The maximum absolute atomic E-state index is 14.2. The maximum Gasteiger partial charge on any atom is 0.282 e. The average Bonchev–Trinajstić information content (AvgIpc) is 2.96. The van der Waals surface area contributed by atoms with Gasteiger partial charge in [-0.15, -0.1) is 10.2 Å². The van der Waals surface area contributed by atoms with Crippen molar-refractivity contribution < 1.29 is 18.7 Å². The lowest BCUT2D eigenvalue weighted by molar-refractivity contribution is -0.0350. The third kappa shape index (κ3) is 5.88. The van der Waals surface area contributed by atoms with Crippen molar-refractivity contribution in [2.75, 3.05) is 31.1 Å². The molecule has 2 aliphatic heterocycles. The number of nitrogens with zero attached hydrogens (tertiary/aromatic N) is 6. The molecule has 1 N–H and O–H groups in total. The zero-order valence-corrected chi connectivity index (χ0v) is 25.1. The van der Waals surface area contributed by atoms with Crippen LogP contribution in [0.15, 0.2) is 36.8 Å². The average molecular weight is 578 g/mol. The van der Waals surface area contributed by atoms with E-state index in [4.69, 9.17) is 9.47 Å². The van der Waals surface area contributed by atoms with Crippen molar-refractivity contribution in [3.8, 4) is 17.4 Å². The van der Waals surface area contributed by atoms with E-state index in [9.17, 15) is 9.18 Å². The fourth-order valence-electron chi connectivity index (χ4n) is 6.09. The topological polar surface area (TPSA) is 106 Å². The van der Waals surface area contributed by atoms with Crippen LogP contribution in [0, 0.1) is 11.2 Å². The van der Waals surface area contributed by atoms with Crippen LogP contribution in [0.1, 0.15) is 69.1 Å². The summed E-state index contributed by atoms with van der Waals surface area (Å²) in [6.07, 6.45) is 6.24. The Bertz CT molecular complexity index is 1410. The van der Waals surface area contributed by atoms with Crippen molar-refractivity contribution in [2.45, 2.75) is 72.6 Å². The highest BCUT2D eigenvalue weighted by Crippen LogP contribution is 2.52. The Morgan fingerprint density at radius 2 is 1.98 bits per heavy atom. The van der Waals surface area contributed by atoms with Crippen LogP contribution in [0.5, 0.6) is 17.4 Å². The number of benzene rings is 1. The number of rotatable bonds is 8. The Hall–Kier alpha value is -3.86. The molecule has 224 valence electrons. The SMILES string of the molecule is CC.CCN(C(=O)c1cc(F)ccc1Oc1nncnc1N1CC2(CC(Oc3ccnc4c3CNCC4)C2)C1)C(C)C. The van der Waals surface area contributed by atoms with Gasteiger partial charge >= 0.3 is 0 Å². The third-order valence-corrected chi connectivity index (χ3v) is 8.08. The predicted molar refractivity (Wildman–Crippen MR) is 157 cm³/mol. The number of aromatic nitrogens is 4. The minimum atomic E-state index is -0.511. The van der Waals surface area contributed by atoms with E-state index in [-0.39, 0.29) is 40.7 Å². The summed E-state index contributed by atoms with van der Waals surface area (Å²) >= 11 is 0. The zero-order valence-electron chi connectivity index (χ0n) is 25.1. The fraction of sp³-hybridized carbons (Fsp3) is 0.516. The van der Waals surface area contributed by atoms with Crippen LogP contribution in [-0.2, 0) is 13.0 Å². The first-order valence-electron chi connectivity index (χ1n) is 14.9. The predicted octanol–water partition coefficient (Wildman–Crippen LogP) is 4.79. The molecule has 10 nitrogen and oxygen atoms in total. The molecular weight excluding hydrogens is 537 g/mol.